The fraction of sp³-hybridized carbons (Fsp3) is 0.333. The fourth-order valence-corrected chi connectivity index (χ4v) is 2.04. The van der Waals surface area contributed by atoms with Crippen molar-refractivity contribution in [3.05, 3.63) is 58.6 Å². The molecule has 0 saturated carbocycles. The van der Waals surface area contributed by atoms with Gasteiger partial charge in [0, 0.05) is 29.9 Å². The standard InChI is InChI=1S/C15H18ClN3/c1-2-13(17)7-11-9-18-15(19-10-11)8-12-5-3-4-6-14(12)16/h3-6,9-10,13H,2,7-8,17H2,1H3. The Hall–Kier alpha value is -1.45. The SMILES string of the molecule is CCC(N)Cc1cnc(Cc2ccccc2Cl)nc1. The quantitative estimate of drug-likeness (QED) is 0.913. The first-order valence-corrected chi connectivity index (χ1v) is 6.85. The molecule has 0 fully saturated rings. The molecule has 0 bridgehead atoms. The molecule has 1 unspecified atom stereocenters. The largest absolute Gasteiger partial charge is 0.327 e. The van der Waals surface area contributed by atoms with Gasteiger partial charge in [0.15, 0.2) is 0 Å². The van der Waals surface area contributed by atoms with Gasteiger partial charge in [-0.3, -0.25) is 0 Å². The molecule has 2 rings (SSSR count). The van der Waals surface area contributed by atoms with Gasteiger partial charge in [-0.1, -0.05) is 36.7 Å². The molecule has 0 aliphatic heterocycles. The Morgan fingerprint density at radius 3 is 2.53 bits per heavy atom. The molecule has 1 heterocycles. The number of aromatic nitrogens is 2. The minimum Gasteiger partial charge on any atom is -0.327 e. The van der Waals surface area contributed by atoms with Crippen LogP contribution >= 0.6 is 11.6 Å². The summed E-state index contributed by atoms with van der Waals surface area (Å²) in [7, 11) is 0. The Kier molecular flexibility index (Phi) is 4.88. The summed E-state index contributed by atoms with van der Waals surface area (Å²) in [6.07, 6.45) is 6.15. The Morgan fingerprint density at radius 1 is 1.21 bits per heavy atom. The first-order chi connectivity index (χ1) is 9.19. The molecule has 1 aromatic heterocycles. The number of rotatable bonds is 5. The lowest BCUT2D eigenvalue weighted by Gasteiger charge is -2.08. The zero-order valence-electron chi connectivity index (χ0n) is 11.0. The number of hydrogen-bond donors (Lipinski definition) is 1. The molecule has 0 radical (unpaired) electrons. The van der Waals surface area contributed by atoms with Crippen molar-refractivity contribution in [3.63, 3.8) is 0 Å². The molecule has 2 N–H and O–H groups in total. The van der Waals surface area contributed by atoms with Crippen LogP contribution in [0.2, 0.25) is 5.02 Å². The number of nitrogens with two attached hydrogens (primary N) is 1. The van der Waals surface area contributed by atoms with E-state index in [0.717, 1.165) is 34.8 Å². The van der Waals surface area contributed by atoms with Gasteiger partial charge in [0.25, 0.3) is 0 Å². The molecular formula is C15H18ClN3. The van der Waals surface area contributed by atoms with Crippen LogP contribution in [0.3, 0.4) is 0 Å². The van der Waals surface area contributed by atoms with Crippen LogP contribution in [0.1, 0.15) is 30.3 Å². The van der Waals surface area contributed by atoms with Crippen LogP contribution in [0.4, 0.5) is 0 Å². The van der Waals surface area contributed by atoms with Gasteiger partial charge < -0.3 is 5.73 Å². The lowest BCUT2D eigenvalue weighted by molar-refractivity contribution is 0.642. The van der Waals surface area contributed by atoms with Crippen molar-refractivity contribution in [1.82, 2.24) is 9.97 Å². The van der Waals surface area contributed by atoms with Gasteiger partial charge in [0.05, 0.1) is 0 Å². The lowest BCUT2D eigenvalue weighted by atomic mass is 10.1. The second-order valence-electron chi connectivity index (χ2n) is 4.65. The average molecular weight is 276 g/mol. The van der Waals surface area contributed by atoms with Crippen molar-refractivity contribution < 1.29 is 0 Å². The summed E-state index contributed by atoms with van der Waals surface area (Å²) in [5.74, 6) is 0.780. The predicted molar refractivity (Wildman–Crippen MR) is 78.3 cm³/mol. The second-order valence-corrected chi connectivity index (χ2v) is 5.06. The molecule has 19 heavy (non-hydrogen) atoms. The van der Waals surface area contributed by atoms with E-state index in [1.807, 2.05) is 36.7 Å². The highest BCUT2D eigenvalue weighted by Crippen LogP contribution is 2.17. The molecule has 1 aromatic carbocycles. The number of benzene rings is 1. The number of halogens is 1. The van der Waals surface area contributed by atoms with Crippen LogP contribution in [0.25, 0.3) is 0 Å². The molecule has 4 heteroatoms. The van der Waals surface area contributed by atoms with Crippen LogP contribution < -0.4 is 5.73 Å². The summed E-state index contributed by atoms with van der Waals surface area (Å²) >= 11 is 6.12. The third-order valence-corrected chi connectivity index (χ3v) is 3.46. The van der Waals surface area contributed by atoms with Gasteiger partial charge in [0.2, 0.25) is 0 Å². The van der Waals surface area contributed by atoms with Crippen LogP contribution in [0.15, 0.2) is 36.7 Å². The highest BCUT2D eigenvalue weighted by Gasteiger charge is 2.05. The molecule has 0 spiro atoms. The van der Waals surface area contributed by atoms with Gasteiger partial charge >= 0.3 is 0 Å². The van der Waals surface area contributed by atoms with Gasteiger partial charge in [-0.15, -0.1) is 0 Å². The van der Waals surface area contributed by atoms with Crippen LogP contribution in [-0.2, 0) is 12.8 Å². The predicted octanol–water partition coefficient (Wildman–Crippen LogP) is 3.00. The van der Waals surface area contributed by atoms with Crippen LogP contribution in [0.5, 0.6) is 0 Å². The van der Waals surface area contributed by atoms with E-state index in [9.17, 15) is 0 Å². The summed E-state index contributed by atoms with van der Waals surface area (Å²) in [4.78, 5) is 8.75. The van der Waals surface area contributed by atoms with Crippen molar-refractivity contribution >= 4 is 11.6 Å². The summed E-state index contributed by atoms with van der Waals surface area (Å²) < 4.78 is 0. The molecular weight excluding hydrogens is 258 g/mol. The minimum absolute atomic E-state index is 0.179. The zero-order valence-corrected chi connectivity index (χ0v) is 11.8. The summed E-state index contributed by atoms with van der Waals surface area (Å²) in [6, 6.07) is 7.94. The maximum atomic E-state index is 6.12. The van der Waals surface area contributed by atoms with Gasteiger partial charge in [-0.25, -0.2) is 9.97 Å². The first-order valence-electron chi connectivity index (χ1n) is 6.47. The monoisotopic (exact) mass is 275 g/mol. The highest BCUT2D eigenvalue weighted by molar-refractivity contribution is 6.31. The normalized spacial score (nSPS) is 12.4. The molecule has 1 atom stereocenters. The first kappa shape index (κ1) is 14.0. The van der Waals surface area contributed by atoms with Gasteiger partial charge in [0.1, 0.15) is 5.82 Å². The van der Waals surface area contributed by atoms with Crippen molar-refractivity contribution in [1.29, 1.82) is 0 Å². The van der Waals surface area contributed by atoms with E-state index in [-0.39, 0.29) is 6.04 Å². The molecule has 0 aliphatic rings. The van der Waals surface area contributed by atoms with E-state index in [0.29, 0.717) is 6.42 Å². The van der Waals surface area contributed by atoms with E-state index in [1.165, 1.54) is 0 Å². The van der Waals surface area contributed by atoms with Crippen LogP contribution in [0, 0.1) is 0 Å². The smallest absolute Gasteiger partial charge is 0.132 e. The van der Waals surface area contributed by atoms with E-state index in [2.05, 4.69) is 16.9 Å². The van der Waals surface area contributed by atoms with Crippen molar-refractivity contribution in [2.75, 3.05) is 0 Å². The Balaban J connectivity index is 2.05. The Morgan fingerprint density at radius 2 is 1.89 bits per heavy atom. The van der Waals surface area contributed by atoms with Gasteiger partial charge in [-0.2, -0.15) is 0 Å². The third kappa shape index (κ3) is 4.01. The van der Waals surface area contributed by atoms with E-state index < -0.39 is 0 Å². The summed E-state index contributed by atoms with van der Waals surface area (Å²) in [6.45, 7) is 2.08. The highest BCUT2D eigenvalue weighted by atomic mass is 35.5. The minimum atomic E-state index is 0.179. The molecule has 3 nitrogen and oxygen atoms in total. The van der Waals surface area contributed by atoms with Crippen LogP contribution in [-0.4, -0.2) is 16.0 Å². The Labute approximate surface area is 118 Å². The van der Waals surface area contributed by atoms with E-state index in [1.54, 1.807) is 0 Å². The topological polar surface area (TPSA) is 51.8 Å². The zero-order chi connectivity index (χ0) is 13.7. The summed E-state index contributed by atoms with van der Waals surface area (Å²) in [5, 5.41) is 0.753. The molecule has 0 aliphatic carbocycles. The van der Waals surface area contributed by atoms with Gasteiger partial charge in [-0.05, 0) is 30.0 Å². The molecule has 0 amide bonds. The number of nitrogens with zero attached hydrogens (tertiary/aromatic N) is 2. The molecule has 100 valence electrons. The average Bonchev–Trinajstić information content (AvgIpc) is 2.43. The maximum Gasteiger partial charge on any atom is 0.132 e. The Bertz CT molecular complexity index is 525. The third-order valence-electron chi connectivity index (χ3n) is 3.09. The lowest BCUT2D eigenvalue weighted by Crippen LogP contribution is -2.21. The molecule has 0 saturated heterocycles. The van der Waals surface area contributed by atoms with E-state index >= 15 is 0 Å². The summed E-state index contributed by atoms with van der Waals surface area (Å²) in [5.41, 5.74) is 8.04. The van der Waals surface area contributed by atoms with Crippen molar-refractivity contribution in [3.8, 4) is 0 Å². The maximum absolute atomic E-state index is 6.12. The van der Waals surface area contributed by atoms with Crippen molar-refractivity contribution in [2.45, 2.75) is 32.2 Å². The van der Waals surface area contributed by atoms with E-state index in [4.69, 9.17) is 17.3 Å². The number of hydrogen-bond acceptors (Lipinski definition) is 3. The molecule has 2 aromatic rings. The second kappa shape index (κ2) is 6.64. The van der Waals surface area contributed by atoms with Crippen molar-refractivity contribution in [2.24, 2.45) is 5.73 Å². The fourth-order valence-electron chi connectivity index (χ4n) is 1.84.